The van der Waals surface area contributed by atoms with Crippen molar-refractivity contribution < 1.29 is 13.9 Å². The summed E-state index contributed by atoms with van der Waals surface area (Å²) in [6, 6.07) is 15.2. The number of anilines is 1. The minimum Gasteiger partial charge on any atom is -0.497 e. The number of methoxy groups -OCH3 is 1. The molecule has 0 aliphatic carbocycles. The van der Waals surface area contributed by atoms with Gasteiger partial charge in [-0.1, -0.05) is 0 Å². The number of hydrogen-bond donors (Lipinski definition) is 1. The number of carbonyl (C=O) groups excluding carboxylic acids is 1. The summed E-state index contributed by atoms with van der Waals surface area (Å²) in [7, 11) is 1.60. The Bertz CT molecular complexity index is 1210. The lowest BCUT2D eigenvalue weighted by Gasteiger charge is -2.09. The second-order valence-electron chi connectivity index (χ2n) is 6.80. The largest absolute Gasteiger partial charge is 0.497 e. The third-order valence-electron chi connectivity index (χ3n) is 4.60. The SMILES string of the molecule is COc1ccc(-n2ccc(C(=O)Nc3ccc(-n4nc(C)cc4C)c(F)c3)n2)cc1. The van der Waals surface area contributed by atoms with E-state index in [1.165, 1.54) is 10.7 Å². The molecule has 0 bridgehead atoms. The molecule has 0 aliphatic rings. The van der Waals surface area contributed by atoms with Crippen LogP contribution in [0.5, 0.6) is 5.75 Å². The lowest BCUT2D eigenvalue weighted by molar-refractivity contribution is 0.102. The maximum atomic E-state index is 14.6. The second kappa shape index (κ2) is 7.82. The molecule has 0 saturated heterocycles. The number of halogens is 1. The Morgan fingerprint density at radius 1 is 1.03 bits per heavy atom. The van der Waals surface area contributed by atoms with Gasteiger partial charge in [0, 0.05) is 17.6 Å². The second-order valence-corrected chi connectivity index (χ2v) is 6.80. The number of rotatable bonds is 5. The number of nitrogens with zero attached hydrogens (tertiary/aromatic N) is 4. The van der Waals surface area contributed by atoms with Gasteiger partial charge in [0.1, 0.15) is 11.4 Å². The highest BCUT2D eigenvalue weighted by molar-refractivity contribution is 6.02. The molecule has 0 spiro atoms. The van der Waals surface area contributed by atoms with Crippen molar-refractivity contribution in [1.29, 1.82) is 0 Å². The van der Waals surface area contributed by atoms with Gasteiger partial charge in [-0.15, -0.1) is 0 Å². The summed E-state index contributed by atoms with van der Waals surface area (Å²) >= 11 is 0. The van der Waals surface area contributed by atoms with Crippen molar-refractivity contribution >= 4 is 11.6 Å². The molecule has 1 amide bonds. The first kappa shape index (κ1) is 19.4. The highest BCUT2D eigenvalue weighted by Gasteiger charge is 2.14. The van der Waals surface area contributed by atoms with E-state index in [0.29, 0.717) is 11.4 Å². The number of ether oxygens (including phenoxy) is 1. The standard InChI is InChI=1S/C22H20FN5O2/c1-14-12-15(2)28(25-14)21-9-4-16(13-19(21)23)24-22(29)20-10-11-27(26-20)17-5-7-18(30-3)8-6-17/h4-13H,1-3H3,(H,24,29). The number of carbonyl (C=O) groups is 1. The summed E-state index contributed by atoms with van der Waals surface area (Å²) in [5.41, 5.74) is 3.29. The predicted molar refractivity (Wildman–Crippen MR) is 111 cm³/mol. The molecule has 0 unspecified atom stereocenters. The minimum atomic E-state index is -0.484. The Labute approximate surface area is 172 Å². The molecule has 0 fully saturated rings. The van der Waals surface area contributed by atoms with E-state index in [0.717, 1.165) is 22.8 Å². The summed E-state index contributed by atoms with van der Waals surface area (Å²) in [6.07, 6.45) is 1.68. The van der Waals surface area contributed by atoms with Gasteiger partial charge in [0.05, 0.1) is 18.5 Å². The Morgan fingerprint density at radius 2 is 1.80 bits per heavy atom. The number of amides is 1. The first-order valence-electron chi connectivity index (χ1n) is 9.29. The molecule has 2 aromatic carbocycles. The topological polar surface area (TPSA) is 74.0 Å². The summed E-state index contributed by atoms with van der Waals surface area (Å²) in [5, 5.41) is 11.3. The van der Waals surface area contributed by atoms with Crippen molar-refractivity contribution in [2.75, 3.05) is 12.4 Å². The summed E-state index contributed by atoms with van der Waals surface area (Å²) in [5.74, 6) is -0.182. The van der Waals surface area contributed by atoms with Gasteiger partial charge in [0.15, 0.2) is 11.5 Å². The molecule has 0 atom stereocenters. The van der Waals surface area contributed by atoms with Gasteiger partial charge >= 0.3 is 0 Å². The van der Waals surface area contributed by atoms with Crippen LogP contribution in [0, 0.1) is 19.7 Å². The zero-order chi connectivity index (χ0) is 21.3. The van der Waals surface area contributed by atoms with Gasteiger partial charge in [-0.25, -0.2) is 13.8 Å². The van der Waals surface area contributed by atoms with E-state index >= 15 is 0 Å². The molecule has 0 radical (unpaired) electrons. The van der Waals surface area contributed by atoms with Crippen LogP contribution >= 0.6 is 0 Å². The maximum Gasteiger partial charge on any atom is 0.276 e. The van der Waals surface area contributed by atoms with E-state index in [1.54, 1.807) is 36.2 Å². The van der Waals surface area contributed by atoms with Crippen LogP contribution < -0.4 is 10.1 Å². The summed E-state index contributed by atoms with van der Waals surface area (Å²) in [4.78, 5) is 12.5. The number of hydrogen-bond acceptors (Lipinski definition) is 4. The molecular formula is C22H20FN5O2. The molecule has 8 heteroatoms. The van der Waals surface area contributed by atoms with Crippen molar-refractivity contribution in [2.45, 2.75) is 13.8 Å². The maximum absolute atomic E-state index is 14.6. The van der Waals surface area contributed by atoms with Gasteiger partial charge in [-0.2, -0.15) is 10.2 Å². The van der Waals surface area contributed by atoms with Gasteiger partial charge < -0.3 is 10.1 Å². The zero-order valence-electron chi connectivity index (χ0n) is 16.8. The van der Waals surface area contributed by atoms with E-state index < -0.39 is 11.7 Å². The Morgan fingerprint density at radius 3 is 2.43 bits per heavy atom. The molecule has 152 valence electrons. The van der Waals surface area contributed by atoms with Crippen molar-refractivity contribution in [3.05, 3.63) is 83.7 Å². The predicted octanol–water partition coefficient (Wildman–Crippen LogP) is 4.07. The van der Waals surface area contributed by atoms with Crippen LogP contribution in [0.4, 0.5) is 10.1 Å². The third-order valence-corrected chi connectivity index (χ3v) is 4.60. The first-order valence-corrected chi connectivity index (χ1v) is 9.29. The van der Waals surface area contributed by atoms with Crippen LogP contribution in [0.1, 0.15) is 21.9 Å². The van der Waals surface area contributed by atoms with Crippen LogP contribution in [0.2, 0.25) is 0 Å². The van der Waals surface area contributed by atoms with Crippen molar-refractivity contribution in [1.82, 2.24) is 19.6 Å². The fourth-order valence-corrected chi connectivity index (χ4v) is 3.15. The molecular weight excluding hydrogens is 385 g/mol. The zero-order valence-corrected chi connectivity index (χ0v) is 16.8. The molecule has 0 aliphatic heterocycles. The van der Waals surface area contributed by atoms with Gasteiger partial charge in [-0.3, -0.25) is 4.79 Å². The molecule has 7 nitrogen and oxygen atoms in total. The number of aryl methyl sites for hydroxylation is 2. The van der Waals surface area contributed by atoms with Crippen LogP contribution in [-0.2, 0) is 0 Å². The lowest BCUT2D eigenvalue weighted by atomic mass is 10.2. The van der Waals surface area contributed by atoms with Crippen molar-refractivity contribution in [2.24, 2.45) is 0 Å². The summed E-state index contributed by atoms with van der Waals surface area (Å²) in [6.45, 7) is 3.70. The minimum absolute atomic E-state index is 0.217. The average Bonchev–Trinajstić information content (AvgIpc) is 3.35. The highest BCUT2D eigenvalue weighted by Crippen LogP contribution is 2.21. The normalized spacial score (nSPS) is 10.8. The van der Waals surface area contributed by atoms with Crippen LogP contribution in [0.3, 0.4) is 0 Å². The number of benzene rings is 2. The fraction of sp³-hybridized carbons (Fsp3) is 0.136. The van der Waals surface area contributed by atoms with Gasteiger partial charge in [-0.05, 0) is 68.4 Å². The molecule has 2 heterocycles. The Kier molecular flexibility index (Phi) is 5.05. The molecule has 30 heavy (non-hydrogen) atoms. The monoisotopic (exact) mass is 405 g/mol. The smallest absolute Gasteiger partial charge is 0.276 e. The fourth-order valence-electron chi connectivity index (χ4n) is 3.15. The Balaban J connectivity index is 1.51. The highest BCUT2D eigenvalue weighted by atomic mass is 19.1. The van der Waals surface area contributed by atoms with E-state index in [1.807, 2.05) is 44.2 Å². The van der Waals surface area contributed by atoms with Crippen LogP contribution in [0.15, 0.2) is 60.8 Å². The molecule has 4 rings (SSSR count). The van der Waals surface area contributed by atoms with Gasteiger partial charge in [0.2, 0.25) is 0 Å². The summed E-state index contributed by atoms with van der Waals surface area (Å²) < 4.78 is 22.9. The average molecular weight is 405 g/mol. The van der Waals surface area contributed by atoms with E-state index in [9.17, 15) is 9.18 Å². The molecule has 2 aromatic heterocycles. The Hall–Kier alpha value is -3.94. The molecule has 0 saturated carbocycles. The van der Waals surface area contributed by atoms with E-state index in [2.05, 4.69) is 15.5 Å². The van der Waals surface area contributed by atoms with Gasteiger partial charge in [0.25, 0.3) is 5.91 Å². The van der Waals surface area contributed by atoms with E-state index in [-0.39, 0.29) is 5.69 Å². The quantitative estimate of drug-likeness (QED) is 0.543. The van der Waals surface area contributed by atoms with E-state index in [4.69, 9.17) is 4.74 Å². The van der Waals surface area contributed by atoms with Crippen molar-refractivity contribution in [3.63, 3.8) is 0 Å². The first-order chi connectivity index (χ1) is 14.4. The molecule has 1 N–H and O–H groups in total. The number of aromatic nitrogens is 4. The number of nitrogens with one attached hydrogen (secondary N) is 1. The molecule has 4 aromatic rings. The van der Waals surface area contributed by atoms with Crippen molar-refractivity contribution in [3.8, 4) is 17.1 Å². The van der Waals surface area contributed by atoms with Crippen LogP contribution in [0.25, 0.3) is 11.4 Å². The third kappa shape index (κ3) is 3.80. The lowest BCUT2D eigenvalue weighted by Crippen LogP contribution is -2.14. The van der Waals surface area contributed by atoms with Crippen LogP contribution in [-0.4, -0.2) is 32.6 Å².